The van der Waals surface area contributed by atoms with Crippen LogP contribution in [-0.4, -0.2) is 0 Å². The van der Waals surface area contributed by atoms with Crippen molar-refractivity contribution in [3.8, 4) is 0 Å². The molecule has 0 radical (unpaired) electrons. The average molecular weight is 148 g/mol. The highest BCUT2D eigenvalue weighted by atomic mass is 14.3. The van der Waals surface area contributed by atoms with Gasteiger partial charge in [0.25, 0.3) is 0 Å². The summed E-state index contributed by atoms with van der Waals surface area (Å²) >= 11 is 0. The molecule has 0 aromatic rings. The van der Waals surface area contributed by atoms with E-state index in [4.69, 9.17) is 0 Å². The first kappa shape index (κ1) is 7.15. The molecule has 0 heterocycles. The van der Waals surface area contributed by atoms with Crippen molar-refractivity contribution in [2.75, 3.05) is 0 Å². The zero-order chi connectivity index (χ0) is 7.68. The first-order valence-electron chi connectivity index (χ1n) is 4.81. The fourth-order valence-electron chi connectivity index (χ4n) is 2.27. The maximum atomic E-state index is 2.35. The number of allylic oxidation sites excluding steroid dienone is 4. The molecule has 11 heavy (non-hydrogen) atoms. The summed E-state index contributed by atoms with van der Waals surface area (Å²) in [4.78, 5) is 0. The second-order valence-corrected chi connectivity index (χ2v) is 3.68. The van der Waals surface area contributed by atoms with Crippen molar-refractivity contribution in [3.05, 3.63) is 23.3 Å². The Hall–Kier alpha value is -0.520. The summed E-state index contributed by atoms with van der Waals surface area (Å²) in [6.45, 7) is 2.28. The summed E-state index contributed by atoms with van der Waals surface area (Å²) < 4.78 is 0. The molecule has 2 bridgehead atoms. The minimum Gasteiger partial charge on any atom is -0.0654 e. The lowest BCUT2D eigenvalue weighted by Crippen LogP contribution is -1.95. The molecule has 0 aromatic heterocycles. The van der Waals surface area contributed by atoms with Crippen LogP contribution < -0.4 is 0 Å². The van der Waals surface area contributed by atoms with Crippen LogP contribution in [0, 0.1) is 5.92 Å². The second kappa shape index (κ2) is 2.84. The molecule has 0 N–H and O–H groups in total. The summed E-state index contributed by atoms with van der Waals surface area (Å²) in [7, 11) is 0. The fourth-order valence-corrected chi connectivity index (χ4v) is 2.27. The molecule has 0 spiro atoms. The monoisotopic (exact) mass is 148 g/mol. The fraction of sp³-hybridized carbons (Fsp3) is 0.636. The normalized spacial score (nSPS) is 22.3. The van der Waals surface area contributed by atoms with Gasteiger partial charge in [-0.15, -0.1) is 0 Å². The Morgan fingerprint density at radius 1 is 1.27 bits per heavy atom. The first-order valence-corrected chi connectivity index (χ1v) is 4.81. The van der Waals surface area contributed by atoms with E-state index in [-0.39, 0.29) is 0 Å². The number of hydrogen-bond acceptors (Lipinski definition) is 0. The molecule has 2 rings (SSSR count). The van der Waals surface area contributed by atoms with Crippen molar-refractivity contribution in [2.45, 2.75) is 39.0 Å². The Morgan fingerprint density at radius 3 is 2.36 bits per heavy atom. The van der Waals surface area contributed by atoms with Gasteiger partial charge in [-0.05, 0) is 19.3 Å². The molecule has 0 heteroatoms. The molecule has 0 atom stereocenters. The molecule has 1 saturated carbocycles. The maximum absolute atomic E-state index is 2.35. The summed E-state index contributed by atoms with van der Waals surface area (Å²) in [5.41, 5.74) is 3.43. The molecule has 0 unspecified atom stereocenters. The van der Waals surface area contributed by atoms with Gasteiger partial charge in [-0.25, -0.2) is 0 Å². The van der Waals surface area contributed by atoms with E-state index in [1.165, 1.54) is 32.1 Å². The Kier molecular flexibility index (Phi) is 1.85. The van der Waals surface area contributed by atoms with Gasteiger partial charge in [-0.2, -0.15) is 0 Å². The van der Waals surface area contributed by atoms with Crippen molar-refractivity contribution in [1.82, 2.24) is 0 Å². The third-order valence-corrected chi connectivity index (χ3v) is 2.96. The Bertz CT molecular complexity index is 188. The van der Waals surface area contributed by atoms with Crippen molar-refractivity contribution in [1.29, 1.82) is 0 Å². The minimum atomic E-state index is 0.884. The van der Waals surface area contributed by atoms with E-state index in [0.717, 1.165) is 5.92 Å². The highest BCUT2D eigenvalue weighted by Crippen LogP contribution is 2.43. The van der Waals surface area contributed by atoms with E-state index in [0.29, 0.717) is 0 Å². The van der Waals surface area contributed by atoms with E-state index in [1.807, 2.05) is 0 Å². The zero-order valence-corrected chi connectivity index (χ0v) is 7.27. The molecular formula is C11H16. The number of fused-ring (bicyclic) bond motifs is 2. The van der Waals surface area contributed by atoms with Crippen LogP contribution in [0.1, 0.15) is 39.0 Å². The maximum Gasteiger partial charge on any atom is 0.00134 e. The van der Waals surface area contributed by atoms with Gasteiger partial charge in [-0.1, -0.05) is 43.1 Å². The lowest BCUT2D eigenvalue weighted by Gasteiger charge is -2.08. The van der Waals surface area contributed by atoms with Gasteiger partial charge in [0.1, 0.15) is 0 Å². The lowest BCUT2D eigenvalue weighted by atomic mass is 9.97. The second-order valence-electron chi connectivity index (χ2n) is 3.68. The molecule has 1 fully saturated rings. The molecule has 2 aliphatic rings. The van der Waals surface area contributed by atoms with Crippen LogP contribution in [0.2, 0.25) is 0 Å². The van der Waals surface area contributed by atoms with Crippen molar-refractivity contribution >= 4 is 0 Å². The van der Waals surface area contributed by atoms with Gasteiger partial charge in [0.15, 0.2) is 0 Å². The summed E-state index contributed by atoms with van der Waals surface area (Å²) in [6, 6.07) is 0. The highest BCUT2D eigenvalue weighted by molar-refractivity contribution is 5.40. The predicted octanol–water partition coefficient (Wildman–Crippen LogP) is 3.45. The number of rotatable bonds is 3. The van der Waals surface area contributed by atoms with Crippen LogP contribution in [0.25, 0.3) is 0 Å². The van der Waals surface area contributed by atoms with Crippen LogP contribution in [0.3, 0.4) is 0 Å². The summed E-state index contributed by atoms with van der Waals surface area (Å²) in [5.74, 6) is 0.884. The third-order valence-electron chi connectivity index (χ3n) is 2.96. The van der Waals surface area contributed by atoms with Gasteiger partial charge >= 0.3 is 0 Å². The van der Waals surface area contributed by atoms with Crippen molar-refractivity contribution < 1.29 is 0 Å². The van der Waals surface area contributed by atoms with E-state index in [9.17, 15) is 0 Å². The minimum absolute atomic E-state index is 0.884. The Morgan fingerprint density at radius 2 is 1.91 bits per heavy atom. The molecular weight excluding hydrogens is 132 g/mol. The van der Waals surface area contributed by atoms with Crippen molar-refractivity contribution in [2.24, 2.45) is 5.92 Å². The van der Waals surface area contributed by atoms with Gasteiger partial charge < -0.3 is 0 Å². The summed E-state index contributed by atoms with van der Waals surface area (Å²) in [5, 5.41) is 0. The standard InChI is InChI=1S/C11H16/c1-2-3-4-11-9-5-6-10(11)8-7-9/h5-6,11H,2-4,7-8H2,1H3. The molecule has 0 saturated heterocycles. The number of hydrogen-bond donors (Lipinski definition) is 0. The SMILES string of the molecule is CCCCC1C2=CC=C1CC2. The molecule has 0 amide bonds. The quantitative estimate of drug-likeness (QED) is 0.575. The van der Waals surface area contributed by atoms with E-state index < -0.39 is 0 Å². The van der Waals surface area contributed by atoms with Gasteiger partial charge in [0, 0.05) is 5.92 Å². The van der Waals surface area contributed by atoms with Gasteiger partial charge in [-0.3, -0.25) is 0 Å². The first-order chi connectivity index (χ1) is 5.42. The Balaban J connectivity index is 1.96. The topological polar surface area (TPSA) is 0 Å². The molecule has 0 aliphatic heterocycles. The van der Waals surface area contributed by atoms with Crippen LogP contribution in [0.5, 0.6) is 0 Å². The lowest BCUT2D eigenvalue weighted by molar-refractivity contribution is 0.619. The average Bonchev–Trinajstić information content (AvgIpc) is 2.59. The Labute approximate surface area is 69.0 Å². The molecule has 60 valence electrons. The van der Waals surface area contributed by atoms with Crippen molar-refractivity contribution in [3.63, 3.8) is 0 Å². The summed E-state index contributed by atoms with van der Waals surface area (Å²) in [6.07, 6.45) is 11.6. The smallest absolute Gasteiger partial charge is 0.00134 e. The van der Waals surface area contributed by atoms with E-state index in [1.54, 1.807) is 11.1 Å². The predicted molar refractivity (Wildman–Crippen MR) is 48.4 cm³/mol. The van der Waals surface area contributed by atoms with E-state index in [2.05, 4.69) is 19.1 Å². The number of unbranched alkanes of at least 4 members (excludes halogenated alkanes) is 1. The van der Waals surface area contributed by atoms with Gasteiger partial charge in [0.05, 0.1) is 0 Å². The van der Waals surface area contributed by atoms with Crippen LogP contribution in [0.4, 0.5) is 0 Å². The molecule has 0 aromatic carbocycles. The van der Waals surface area contributed by atoms with E-state index >= 15 is 0 Å². The van der Waals surface area contributed by atoms with Crippen LogP contribution in [0.15, 0.2) is 23.3 Å². The van der Waals surface area contributed by atoms with Crippen LogP contribution >= 0.6 is 0 Å². The van der Waals surface area contributed by atoms with Crippen LogP contribution in [-0.2, 0) is 0 Å². The zero-order valence-electron chi connectivity index (χ0n) is 7.27. The molecule has 2 aliphatic carbocycles. The third kappa shape index (κ3) is 1.15. The largest absolute Gasteiger partial charge is 0.0654 e. The molecule has 0 nitrogen and oxygen atoms in total. The van der Waals surface area contributed by atoms with Gasteiger partial charge in [0.2, 0.25) is 0 Å². The highest BCUT2D eigenvalue weighted by Gasteiger charge is 2.27.